The Balaban J connectivity index is 1.42. The largest absolute Gasteiger partial charge is 0.365 e. The Morgan fingerprint density at radius 2 is 1.97 bits per heavy atom. The third-order valence-corrected chi connectivity index (χ3v) is 6.33. The summed E-state index contributed by atoms with van der Waals surface area (Å²) < 4.78 is 55.4. The molecule has 0 bridgehead atoms. The molecule has 1 aromatic carbocycles. The van der Waals surface area contributed by atoms with E-state index in [1.807, 2.05) is 4.68 Å². The molecule has 0 spiro atoms. The first-order valence-electron chi connectivity index (χ1n) is 9.85. The van der Waals surface area contributed by atoms with Crippen molar-refractivity contribution in [3.8, 4) is 0 Å². The topological polar surface area (TPSA) is 102 Å². The molecule has 3 heterocycles. The zero-order valence-corrected chi connectivity index (χ0v) is 17.8. The van der Waals surface area contributed by atoms with Crippen molar-refractivity contribution in [2.75, 3.05) is 10.0 Å². The zero-order chi connectivity index (χ0) is 22.2. The molecule has 1 aliphatic heterocycles. The van der Waals surface area contributed by atoms with Crippen molar-refractivity contribution in [1.29, 1.82) is 0 Å². The number of benzene rings is 1. The minimum atomic E-state index is -3.99. The predicted molar refractivity (Wildman–Crippen MR) is 111 cm³/mol. The Bertz CT molecular complexity index is 1190. The summed E-state index contributed by atoms with van der Waals surface area (Å²) in [4.78, 5) is 8.67. The fourth-order valence-electron chi connectivity index (χ4n) is 3.30. The lowest BCUT2D eigenvalue weighted by Crippen LogP contribution is -2.32. The SMILES string of the molecule is CC(C)c1nc2n(n1)CC(Nc1ccc(S(=O)(=O)Nc3ccc(F)c(F)c3)cn1)CC2. The van der Waals surface area contributed by atoms with E-state index in [0.717, 1.165) is 42.7 Å². The van der Waals surface area contributed by atoms with Gasteiger partial charge >= 0.3 is 0 Å². The lowest BCUT2D eigenvalue weighted by molar-refractivity contribution is 0.439. The number of aryl methyl sites for hydroxylation is 1. The van der Waals surface area contributed by atoms with Gasteiger partial charge in [-0.2, -0.15) is 5.10 Å². The number of aromatic nitrogens is 4. The van der Waals surface area contributed by atoms with Gasteiger partial charge in [-0.25, -0.2) is 31.8 Å². The average molecular weight is 448 g/mol. The molecule has 3 aromatic rings. The van der Waals surface area contributed by atoms with Gasteiger partial charge in [0.05, 0.1) is 12.2 Å². The van der Waals surface area contributed by atoms with Crippen LogP contribution in [-0.2, 0) is 23.0 Å². The number of hydrogen-bond donors (Lipinski definition) is 2. The molecule has 164 valence electrons. The van der Waals surface area contributed by atoms with Gasteiger partial charge < -0.3 is 5.32 Å². The summed E-state index contributed by atoms with van der Waals surface area (Å²) in [6, 6.07) is 5.83. The number of pyridine rings is 1. The molecule has 1 unspecified atom stereocenters. The van der Waals surface area contributed by atoms with Gasteiger partial charge in [0.15, 0.2) is 17.5 Å². The van der Waals surface area contributed by atoms with Crippen molar-refractivity contribution in [2.45, 2.75) is 50.1 Å². The van der Waals surface area contributed by atoms with E-state index in [0.29, 0.717) is 12.4 Å². The van der Waals surface area contributed by atoms with Crippen LogP contribution >= 0.6 is 0 Å². The summed E-state index contributed by atoms with van der Waals surface area (Å²) >= 11 is 0. The fourth-order valence-corrected chi connectivity index (χ4v) is 4.29. The van der Waals surface area contributed by atoms with Crippen LogP contribution in [0, 0.1) is 11.6 Å². The number of fused-ring (bicyclic) bond motifs is 1. The van der Waals surface area contributed by atoms with Crippen molar-refractivity contribution in [3.05, 3.63) is 59.8 Å². The maximum absolute atomic E-state index is 13.3. The second-order valence-electron chi connectivity index (χ2n) is 7.72. The molecule has 2 aromatic heterocycles. The van der Waals surface area contributed by atoms with Crippen molar-refractivity contribution in [3.63, 3.8) is 0 Å². The van der Waals surface area contributed by atoms with Crippen LogP contribution in [0.25, 0.3) is 0 Å². The summed E-state index contributed by atoms with van der Waals surface area (Å²) in [5.41, 5.74) is -0.0762. The van der Waals surface area contributed by atoms with E-state index in [-0.39, 0.29) is 22.5 Å². The van der Waals surface area contributed by atoms with Crippen molar-refractivity contribution < 1.29 is 17.2 Å². The van der Waals surface area contributed by atoms with E-state index in [4.69, 9.17) is 0 Å². The minimum absolute atomic E-state index is 0.0762. The fraction of sp³-hybridized carbons (Fsp3) is 0.350. The second-order valence-corrected chi connectivity index (χ2v) is 9.40. The molecular weight excluding hydrogens is 426 g/mol. The van der Waals surface area contributed by atoms with Gasteiger partial charge in [0.2, 0.25) is 0 Å². The quantitative estimate of drug-likeness (QED) is 0.600. The number of anilines is 2. The molecule has 0 radical (unpaired) electrons. The highest BCUT2D eigenvalue weighted by Gasteiger charge is 2.23. The van der Waals surface area contributed by atoms with Gasteiger partial charge in [0, 0.05) is 30.6 Å². The van der Waals surface area contributed by atoms with Crippen LogP contribution in [0.2, 0.25) is 0 Å². The first-order chi connectivity index (χ1) is 14.7. The average Bonchev–Trinajstić information content (AvgIpc) is 3.15. The van der Waals surface area contributed by atoms with Crippen LogP contribution in [0.1, 0.15) is 37.8 Å². The Kier molecular flexibility index (Phi) is 5.61. The summed E-state index contributed by atoms with van der Waals surface area (Å²) in [5, 5.41) is 7.84. The molecule has 0 amide bonds. The molecular formula is C20H22F2N6O2S. The van der Waals surface area contributed by atoms with Gasteiger partial charge in [-0.1, -0.05) is 13.8 Å². The van der Waals surface area contributed by atoms with Crippen LogP contribution < -0.4 is 10.0 Å². The lowest BCUT2D eigenvalue weighted by atomic mass is 10.1. The normalized spacial score (nSPS) is 16.2. The third kappa shape index (κ3) is 4.66. The summed E-state index contributed by atoms with van der Waals surface area (Å²) in [7, 11) is -3.99. The maximum Gasteiger partial charge on any atom is 0.263 e. The van der Waals surface area contributed by atoms with Crippen molar-refractivity contribution in [1.82, 2.24) is 19.7 Å². The number of nitrogens with one attached hydrogen (secondary N) is 2. The molecule has 4 rings (SSSR count). The number of hydrogen-bond acceptors (Lipinski definition) is 6. The first kappa shape index (κ1) is 21.2. The molecule has 31 heavy (non-hydrogen) atoms. The Labute approximate surface area is 178 Å². The highest BCUT2D eigenvalue weighted by Crippen LogP contribution is 2.21. The van der Waals surface area contributed by atoms with Crippen LogP contribution in [-0.4, -0.2) is 34.2 Å². The van der Waals surface area contributed by atoms with Gasteiger partial charge in [0.1, 0.15) is 16.5 Å². The van der Waals surface area contributed by atoms with Crippen LogP contribution in [0.3, 0.4) is 0 Å². The van der Waals surface area contributed by atoms with Crippen LogP contribution in [0.15, 0.2) is 41.4 Å². The van der Waals surface area contributed by atoms with Crippen molar-refractivity contribution >= 4 is 21.5 Å². The maximum atomic E-state index is 13.3. The highest BCUT2D eigenvalue weighted by atomic mass is 32.2. The van der Waals surface area contributed by atoms with Gasteiger partial charge in [-0.15, -0.1) is 0 Å². The van der Waals surface area contributed by atoms with E-state index < -0.39 is 21.7 Å². The Morgan fingerprint density at radius 3 is 2.65 bits per heavy atom. The lowest BCUT2D eigenvalue weighted by Gasteiger charge is -2.24. The Morgan fingerprint density at radius 1 is 1.16 bits per heavy atom. The van der Waals surface area contributed by atoms with Gasteiger partial charge in [0.25, 0.3) is 10.0 Å². The molecule has 2 N–H and O–H groups in total. The van der Waals surface area contributed by atoms with Gasteiger partial charge in [-0.3, -0.25) is 4.72 Å². The van der Waals surface area contributed by atoms with E-state index in [1.54, 1.807) is 6.07 Å². The molecule has 1 aliphatic rings. The van der Waals surface area contributed by atoms with E-state index >= 15 is 0 Å². The zero-order valence-electron chi connectivity index (χ0n) is 17.0. The smallest absolute Gasteiger partial charge is 0.263 e. The first-order valence-corrected chi connectivity index (χ1v) is 11.3. The standard InChI is InChI=1S/C20H22F2N6O2S/c1-12(2)20-25-19-8-4-14(11-28(19)26-20)24-18-7-5-15(10-23-18)31(29,30)27-13-3-6-16(21)17(22)9-13/h3,5-7,9-10,12,14,27H,4,8,11H2,1-2H3,(H,23,24). The summed E-state index contributed by atoms with van der Waals surface area (Å²) in [5.74, 6) is 0.407. The Hall–Kier alpha value is -3.08. The number of halogens is 2. The third-order valence-electron chi connectivity index (χ3n) is 4.96. The molecule has 8 nitrogen and oxygen atoms in total. The molecule has 1 atom stereocenters. The van der Waals surface area contributed by atoms with E-state index in [9.17, 15) is 17.2 Å². The molecule has 11 heteroatoms. The van der Waals surface area contributed by atoms with Crippen LogP contribution in [0.4, 0.5) is 20.3 Å². The number of sulfonamides is 1. The number of rotatable bonds is 6. The van der Waals surface area contributed by atoms with E-state index in [1.165, 1.54) is 12.3 Å². The summed E-state index contributed by atoms with van der Waals surface area (Å²) in [6.07, 6.45) is 2.86. The molecule has 0 fully saturated rings. The van der Waals surface area contributed by atoms with Crippen molar-refractivity contribution in [2.24, 2.45) is 0 Å². The second kappa shape index (κ2) is 8.22. The van der Waals surface area contributed by atoms with E-state index in [2.05, 4.69) is 39.0 Å². The monoisotopic (exact) mass is 448 g/mol. The molecule has 0 saturated heterocycles. The van der Waals surface area contributed by atoms with Crippen LogP contribution in [0.5, 0.6) is 0 Å². The molecule has 0 aliphatic carbocycles. The minimum Gasteiger partial charge on any atom is -0.365 e. The summed E-state index contributed by atoms with van der Waals surface area (Å²) in [6.45, 7) is 4.75. The highest BCUT2D eigenvalue weighted by molar-refractivity contribution is 7.92. The molecule has 0 saturated carbocycles. The number of nitrogens with zero attached hydrogens (tertiary/aromatic N) is 4. The van der Waals surface area contributed by atoms with Gasteiger partial charge in [-0.05, 0) is 30.7 Å². The predicted octanol–water partition coefficient (Wildman–Crippen LogP) is 3.30.